The van der Waals surface area contributed by atoms with E-state index in [1.807, 2.05) is 11.3 Å². The van der Waals surface area contributed by atoms with Crippen molar-refractivity contribution in [1.82, 2.24) is 5.32 Å². The first-order valence-corrected chi connectivity index (χ1v) is 8.70. The summed E-state index contributed by atoms with van der Waals surface area (Å²) in [6.45, 7) is 9.71. The van der Waals surface area contributed by atoms with E-state index in [1.165, 1.54) is 16.1 Å². The Labute approximate surface area is 132 Å². The van der Waals surface area contributed by atoms with Gasteiger partial charge in [-0.15, -0.1) is 11.3 Å². The van der Waals surface area contributed by atoms with Crippen LogP contribution in [-0.2, 0) is 13.0 Å². The van der Waals surface area contributed by atoms with Crippen LogP contribution in [0.4, 0.5) is 5.69 Å². The molecule has 1 atom stereocenters. The highest BCUT2D eigenvalue weighted by Crippen LogP contribution is 2.15. The van der Waals surface area contributed by atoms with Crippen LogP contribution >= 0.6 is 11.3 Å². The molecule has 1 aromatic carbocycles. The topological polar surface area (TPSA) is 15.3 Å². The summed E-state index contributed by atoms with van der Waals surface area (Å²) in [6.07, 6.45) is 1.11. The highest BCUT2D eigenvalue weighted by Gasteiger charge is 2.05. The van der Waals surface area contributed by atoms with Crippen LogP contribution in [-0.4, -0.2) is 19.1 Å². The van der Waals surface area contributed by atoms with Crippen LogP contribution in [0.15, 0.2) is 41.8 Å². The van der Waals surface area contributed by atoms with Crippen LogP contribution < -0.4 is 10.2 Å². The first-order valence-electron chi connectivity index (χ1n) is 7.82. The highest BCUT2D eigenvalue weighted by atomic mass is 32.1. The van der Waals surface area contributed by atoms with Gasteiger partial charge in [0.15, 0.2) is 0 Å². The van der Waals surface area contributed by atoms with Crippen LogP contribution in [0, 0.1) is 0 Å². The molecule has 0 saturated heterocycles. The van der Waals surface area contributed by atoms with E-state index in [0.29, 0.717) is 6.04 Å². The van der Waals surface area contributed by atoms with Crippen molar-refractivity contribution in [3.8, 4) is 0 Å². The van der Waals surface area contributed by atoms with E-state index in [0.717, 1.165) is 26.1 Å². The Hall–Kier alpha value is -1.32. The molecule has 2 rings (SSSR count). The van der Waals surface area contributed by atoms with Gasteiger partial charge >= 0.3 is 0 Å². The largest absolute Gasteiger partial charge is 0.372 e. The second kappa shape index (κ2) is 8.20. The van der Waals surface area contributed by atoms with Gasteiger partial charge in [0.1, 0.15) is 0 Å². The Morgan fingerprint density at radius 3 is 2.38 bits per heavy atom. The lowest BCUT2D eigenvalue weighted by Crippen LogP contribution is -2.27. The summed E-state index contributed by atoms with van der Waals surface area (Å²) in [7, 11) is 0. The third kappa shape index (κ3) is 4.87. The van der Waals surface area contributed by atoms with E-state index < -0.39 is 0 Å². The number of benzene rings is 1. The standard InChI is InChI=1S/C18H26N2S/c1-4-20(5-2)17-10-8-16(9-11-17)14-19-15(3)13-18-7-6-12-21-18/h6-12,15,19H,4-5,13-14H2,1-3H3. The molecule has 0 spiro atoms. The molecule has 0 fully saturated rings. The maximum Gasteiger partial charge on any atom is 0.0366 e. The first kappa shape index (κ1) is 16.1. The molecule has 1 heterocycles. The molecule has 3 heteroatoms. The predicted octanol–water partition coefficient (Wildman–Crippen LogP) is 4.32. The molecule has 0 bridgehead atoms. The molecule has 0 aliphatic heterocycles. The zero-order chi connectivity index (χ0) is 15.1. The Morgan fingerprint density at radius 2 is 1.81 bits per heavy atom. The molecule has 21 heavy (non-hydrogen) atoms. The molecule has 2 nitrogen and oxygen atoms in total. The average molecular weight is 302 g/mol. The fraction of sp³-hybridized carbons (Fsp3) is 0.444. The monoisotopic (exact) mass is 302 g/mol. The molecule has 1 aromatic heterocycles. The van der Waals surface area contributed by atoms with Crippen molar-refractivity contribution in [1.29, 1.82) is 0 Å². The predicted molar refractivity (Wildman–Crippen MR) is 94.3 cm³/mol. The molecular formula is C18H26N2S. The van der Waals surface area contributed by atoms with Gasteiger partial charge in [0, 0.05) is 36.2 Å². The summed E-state index contributed by atoms with van der Waals surface area (Å²) >= 11 is 1.84. The molecule has 0 radical (unpaired) electrons. The van der Waals surface area contributed by atoms with Gasteiger partial charge in [-0.05, 0) is 56.3 Å². The maximum absolute atomic E-state index is 3.61. The van der Waals surface area contributed by atoms with Gasteiger partial charge in [0.25, 0.3) is 0 Å². The summed E-state index contributed by atoms with van der Waals surface area (Å²) in [5.41, 5.74) is 2.67. The first-order chi connectivity index (χ1) is 10.2. The van der Waals surface area contributed by atoms with Crippen molar-refractivity contribution < 1.29 is 0 Å². The Morgan fingerprint density at radius 1 is 1.10 bits per heavy atom. The van der Waals surface area contributed by atoms with Crippen molar-refractivity contribution in [3.63, 3.8) is 0 Å². The third-order valence-corrected chi connectivity index (χ3v) is 4.71. The summed E-state index contributed by atoms with van der Waals surface area (Å²) in [5, 5.41) is 5.75. The van der Waals surface area contributed by atoms with Crippen LogP contribution in [0.25, 0.3) is 0 Å². The van der Waals surface area contributed by atoms with Crippen LogP contribution in [0.5, 0.6) is 0 Å². The van der Waals surface area contributed by atoms with Crippen molar-refractivity contribution in [2.24, 2.45) is 0 Å². The Bertz CT molecular complexity index is 501. The van der Waals surface area contributed by atoms with E-state index >= 15 is 0 Å². The number of hydrogen-bond acceptors (Lipinski definition) is 3. The van der Waals surface area contributed by atoms with E-state index in [9.17, 15) is 0 Å². The number of rotatable bonds is 8. The summed E-state index contributed by atoms with van der Waals surface area (Å²) in [6, 6.07) is 13.8. The molecular weight excluding hydrogens is 276 g/mol. The minimum Gasteiger partial charge on any atom is -0.372 e. The second-order valence-electron chi connectivity index (χ2n) is 5.40. The zero-order valence-corrected chi connectivity index (χ0v) is 14.1. The normalized spacial score (nSPS) is 12.3. The number of anilines is 1. The van der Waals surface area contributed by atoms with Crippen molar-refractivity contribution >= 4 is 17.0 Å². The number of hydrogen-bond donors (Lipinski definition) is 1. The van der Waals surface area contributed by atoms with Crippen molar-refractivity contribution in [2.75, 3.05) is 18.0 Å². The zero-order valence-electron chi connectivity index (χ0n) is 13.3. The SMILES string of the molecule is CCN(CC)c1ccc(CNC(C)Cc2cccs2)cc1. The van der Waals surface area contributed by atoms with E-state index in [1.54, 1.807) is 0 Å². The molecule has 114 valence electrons. The number of nitrogens with zero attached hydrogens (tertiary/aromatic N) is 1. The van der Waals surface area contributed by atoms with Crippen LogP contribution in [0.3, 0.4) is 0 Å². The van der Waals surface area contributed by atoms with Gasteiger partial charge in [-0.25, -0.2) is 0 Å². The van der Waals surface area contributed by atoms with Crippen LogP contribution in [0.1, 0.15) is 31.2 Å². The lowest BCUT2D eigenvalue weighted by molar-refractivity contribution is 0.548. The quantitative estimate of drug-likeness (QED) is 0.781. The number of thiophene rings is 1. The smallest absolute Gasteiger partial charge is 0.0366 e. The Kier molecular flexibility index (Phi) is 6.27. The molecule has 1 N–H and O–H groups in total. The lowest BCUT2D eigenvalue weighted by Gasteiger charge is -2.21. The van der Waals surface area contributed by atoms with Gasteiger partial charge in [0.05, 0.1) is 0 Å². The maximum atomic E-state index is 3.61. The van der Waals surface area contributed by atoms with Gasteiger partial charge in [0.2, 0.25) is 0 Å². The fourth-order valence-corrected chi connectivity index (χ4v) is 3.34. The molecule has 0 amide bonds. The molecule has 0 aliphatic carbocycles. The summed E-state index contributed by atoms with van der Waals surface area (Å²) < 4.78 is 0. The molecule has 0 saturated carbocycles. The number of nitrogens with one attached hydrogen (secondary N) is 1. The summed E-state index contributed by atoms with van der Waals surface area (Å²) in [5.74, 6) is 0. The van der Waals surface area contributed by atoms with Crippen LogP contribution in [0.2, 0.25) is 0 Å². The molecule has 0 aliphatic rings. The third-order valence-electron chi connectivity index (χ3n) is 3.81. The van der Waals surface area contributed by atoms with Crippen molar-refractivity contribution in [3.05, 3.63) is 52.2 Å². The minimum atomic E-state index is 0.506. The molecule has 2 aromatic rings. The van der Waals surface area contributed by atoms with E-state index in [2.05, 4.69) is 72.8 Å². The van der Waals surface area contributed by atoms with E-state index in [4.69, 9.17) is 0 Å². The van der Waals surface area contributed by atoms with E-state index in [-0.39, 0.29) is 0 Å². The Balaban J connectivity index is 1.83. The van der Waals surface area contributed by atoms with Gasteiger partial charge in [-0.2, -0.15) is 0 Å². The van der Waals surface area contributed by atoms with Gasteiger partial charge < -0.3 is 10.2 Å². The summed E-state index contributed by atoms with van der Waals surface area (Å²) in [4.78, 5) is 3.82. The van der Waals surface area contributed by atoms with Gasteiger partial charge in [-0.1, -0.05) is 18.2 Å². The van der Waals surface area contributed by atoms with Crippen molar-refractivity contribution in [2.45, 2.75) is 39.8 Å². The molecule has 1 unspecified atom stereocenters. The second-order valence-corrected chi connectivity index (χ2v) is 6.44. The fourth-order valence-electron chi connectivity index (χ4n) is 2.51. The lowest BCUT2D eigenvalue weighted by atomic mass is 10.1. The minimum absolute atomic E-state index is 0.506. The average Bonchev–Trinajstić information content (AvgIpc) is 3.00. The van der Waals surface area contributed by atoms with Gasteiger partial charge in [-0.3, -0.25) is 0 Å². The highest BCUT2D eigenvalue weighted by molar-refractivity contribution is 7.09.